The highest BCUT2D eigenvalue weighted by atomic mass is 32.1. The molecule has 12 heavy (non-hydrogen) atoms. The minimum absolute atomic E-state index is 0.0929. The molecule has 66 valence electrons. The van der Waals surface area contributed by atoms with Crippen molar-refractivity contribution in [3.8, 4) is 11.5 Å². The fraction of sp³-hybridized carbons (Fsp3) is 0.375. The molecule has 0 spiro atoms. The van der Waals surface area contributed by atoms with Crippen LogP contribution in [0.4, 0.5) is 0 Å². The summed E-state index contributed by atoms with van der Waals surface area (Å²) in [5, 5.41) is 0. The zero-order chi connectivity index (χ0) is 15.7. The molecule has 0 aliphatic heterocycles. The van der Waals surface area contributed by atoms with Gasteiger partial charge in [0.1, 0.15) is 0 Å². The zero-order valence-electron chi connectivity index (χ0n) is 13.9. The monoisotopic (exact) mass is 193 g/mol. The Labute approximate surface area is 88.4 Å². The first-order valence-corrected chi connectivity index (χ1v) is 3.57. The molecular formula is C8H11NO2S. The molecule has 0 N–H and O–H groups in total. The summed E-state index contributed by atoms with van der Waals surface area (Å²) in [4.78, 5) is 3.63. The van der Waals surface area contributed by atoms with Gasteiger partial charge in [0.25, 0.3) is 0 Å². The number of rotatable bonds is 3. The maximum absolute atomic E-state index is 7.58. The Kier molecular flexibility index (Phi) is 1.09. The van der Waals surface area contributed by atoms with E-state index in [0.29, 0.717) is 0 Å². The van der Waals surface area contributed by atoms with Crippen molar-refractivity contribution in [2.24, 2.45) is 0 Å². The summed E-state index contributed by atoms with van der Waals surface area (Å²) in [6, 6.07) is -0.675. The van der Waals surface area contributed by atoms with Crippen molar-refractivity contribution in [1.29, 1.82) is 0 Å². The number of hydrogen-bond acceptors (Lipinski definition) is 4. The fourth-order valence-corrected chi connectivity index (χ4v) is 0.883. The second kappa shape index (κ2) is 4.21. The van der Waals surface area contributed by atoms with E-state index >= 15 is 0 Å². The van der Waals surface area contributed by atoms with Crippen molar-refractivity contribution in [2.45, 2.75) is 5.75 Å². The van der Waals surface area contributed by atoms with Crippen molar-refractivity contribution in [3.05, 3.63) is 17.9 Å². The summed E-state index contributed by atoms with van der Waals surface area (Å²) >= 11 is 3.90. The van der Waals surface area contributed by atoms with Crippen LogP contribution in [-0.2, 0) is 5.75 Å². The van der Waals surface area contributed by atoms with E-state index in [0.717, 1.165) is 0 Å². The second-order valence-corrected chi connectivity index (χ2v) is 2.13. The lowest BCUT2D eigenvalue weighted by Gasteiger charge is -2.09. The van der Waals surface area contributed by atoms with Gasteiger partial charge in [0.15, 0.2) is 11.5 Å². The lowest BCUT2D eigenvalue weighted by molar-refractivity contribution is 0.350. The molecule has 0 radical (unpaired) electrons. The molecule has 0 aliphatic rings. The van der Waals surface area contributed by atoms with Crippen molar-refractivity contribution in [1.82, 2.24) is 4.98 Å². The number of methoxy groups -OCH3 is 2. The Hall–Kier alpha value is -0.900. The molecule has 4 heteroatoms. The Morgan fingerprint density at radius 3 is 3.17 bits per heavy atom. The minimum Gasteiger partial charge on any atom is -0.493 e. The molecule has 1 aromatic rings. The standard InChI is InChI=1S/C8H11NO2S/c1-10-7-3-4-9-6(5-12)8(7)11-2/h3-4,12H,5H2,1-2H3/i1D3,2D3,3D,4D. The third kappa shape index (κ3) is 1.64. The van der Waals surface area contributed by atoms with Crippen LogP contribution in [0.15, 0.2) is 12.2 Å². The van der Waals surface area contributed by atoms with Crippen LogP contribution in [-0.4, -0.2) is 19.1 Å². The molecule has 1 heterocycles. The highest BCUT2D eigenvalue weighted by Crippen LogP contribution is 2.29. The topological polar surface area (TPSA) is 31.4 Å². The third-order valence-corrected chi connectivity index (χ3v) is 1.48. The van der Waals surface area contributed by atoms with Crippen LogP contribution in [0.2, 0.25) is 0 Å². The smallest absolute Gasteiger partial charge is 0.183 e. The predicted octanol–water partition coefficient (Wildman–Crippen LogP) is 1.53. The summed E-state index contributed by atoms with van der Waals surface area (Å²) in [5.41, 5.74) is -0.0929. The van der Waals surface area contributed by atoms with E-state index in [4.69, 9.17) is 11.0 Å². The van der Waals surface area contributed by atoms with E-state index in [2.05, 4.69) is 27.1 Å². The summed E-state index contributed by atoms with van der Waals surface area (Å²) in [5.74, 6) is -1.29. The van der Waals surface area contributed by atoms with E-state index in [1.807, 2.05) is 0 Å². The average Bonchev–Trinajstić information content (AvgIpc) is 2.25. The van der Waals surface area contributed by atoms with Crippen LogP contribution in [0.5, 0.6) is 11.5 Å². The fourth-order valence-electron chi connectivity index (χ4n) is 0.669. The van der Waals surface area contributed by atoms with E-state index in [9.17, 15) is 0 Å². The highest BCUT2D eigenvalue weighted by Gasteiger charge is 2.08. The Balaban J connectivity index is 3.46. The van der Waals surface area contributed by atoms with E-state index < -0.39 is 37.8 Å². The summed E-state index contributed by atoms with van der Waals surface area (Å²) < 4.78 is 66.5. The van der Waals surface area contributed by atoms with Gasteiger partial charge >= 0.3 is 0 Å². The molecule has 0 aliphatic carbocycles. The van der Waals surface area contributed by atoms with Crippen molar-refractivity contribution in [2.75, 3.05) is 14.1 Å². The molecule has 0 aromatic carbocycles. The van der Waals surface area contributed by atoms with Crippen LogP contribution in [0.25, 0.3) is 0 Å². The average molecular weight is 193 g/mol. The van der Waals surface area contributed by atoms with Crippen LogP contribution < -0.4 is 9.47 Å². The van der Waals surface area contributed by atoms with E-state index in [1.54, 1.807) is 0 Å². The van der Waals surface area contributed by atoms with Gasteiger partial charge in [-0.1, -0.05) is 0 Å². The van der Waals surface area contributed by atoms with Gasteiger partial charge in [0, 0.05) is 18.0 Å². The van der Waals surface area contributed by atoms with Crippen molar-refractivity contribution < 1.29 is 20.4 Å². The molecule has 1 rings (SSSR count). The first-order chi connectivity index (χ1) is 8.94. The van der Waals surface area contributed by atoms with Gasteiger partial charge in [-0.2, -0.15) is 12.6 Å². The summed E-state index contributed by atoms with van der Waals surface area (Å²) in [6.07, 6.45) is -0.564. The molecule has 0 unspecified atom stereocenters. The minimum atomic E-state index is -2.93. The van der Waals surface area contributed by atoms with Crippen LogP contribution >= 0.6 is 12.6 Å². The SMILES string of the molecule is [2H]c1nc(CS)c(OC([2H])([2H])[2H])c(OC([2H])([2H])[2H])c1[2H]. The number of aromatic nitrogens is 1. The molecule has 0 fully saturated rings. The summed E-state index contributed by atoms with van der Waals surface area (Å²) in [7, 11) is -5.81. The van der Waals surface area contributed by atoms with Gasteiger partial charge in [0.2, 0.25) is 0 Å². The number of hydrogen-bond donors (Lipinski definition) is 1. The predicted molar refractivity (Wildman–Crippen MR) is 50.0 cm³/mol. The lowest BCUT2D eigenvalue weighted by atomic mass is 10.3. The first-order valence-electron chi connectivity index (χ1n) is 6.93. The normalized spacial score (nSPS) is 21.4. The molecule has 1 aromatic heterocycles. The van der Waals surface area contributed by atoms with Crippen LogP contribution in [0.1, 0.15) is 16.7 Å². The quantitative estimate of drug-likeness (QED) is 0.739. The summed E-state index contributed by atoms with van der Waals surface area (Å²) in [6.45, 7) is 0. The van der Waals surface area contributed by atoms with E-state index in [1.165, 1.54) is 0 Å². The van der Waals surface area contributed by atoms with E-state index in [-0.39, 0.29) is 11.4 Å². The van der Waals surface area contributed by atoms with Crippen LogP contribution in [0.3, 0.4) is 0 Å². The van der Waals surface area contributed by atoms with Gasteiger partial charge in [-0.05, 0) is 0 Å². The second-order valence-electron chi connectivity index (χ2n) is 1.82. The Morgan fingerprint density at radius 2 is 2.50 bits per heavy atom. The van der Waals surface area contributed by atoms with Crippen LogP contribution in [0, 0.1) is 0 Å². The molecule has 3 nitrogen and oxygen atoms in total. The lowest BCUT2D eigenvalue weighted by Crippen LogP contribution is -1.96. The van der Waals surface area contributed by atoms with Gasteiger partial charge in [-0.25, -0.2) is 0 Å². The largest absolute Gasteiger partial charge is 0.493 e. The number of nitrogens with zero attached hydrogens (tertiary/aromatic N) is 1. The molecule has 0 saturated carbocycles. The molecule has 0 saturated heterocycles. The maximum atomic E-state index is 7.58. The van der Waals surface area contributed by atoms with Crippen molar-refractivity contribution in [3.63, 3.8) is 0 Å². The van der Waals surface area contributed by atoms with Crippen molar-refractivity contribution >= 4 is 12.6 Å². The molecule has 0 bridgehead atoms. The number of pyridine rings is 1. The molecule has 0 atom stereocenters. The Morgan fingerprint density at radius 1 is 1.67 bits per heavy atom. The van der Waals surface area contributed by atoms with Gasteiger partial charge < -0.3 is 9.47 Å². The molecule has 0 amide bonds. The number of ether oxygens (including phenoxy) is 2. The number of thiol groups is 1. The zero-order valence-corrected chi connectivity index (χ0v) is 6.81. The third-order valence-electron chi connectivity index (χ3n) is 1.18. The van der Waals surface area contributed by atoms with Gasteiger partial charge in [0.05, 0.1) is 30.7 Å². The maximum Gasteiger partial charge on any atom is 0.183 e. The first kappa shape index (κ1) is 3.10. The highest BCUT2D eigenvalue weighted by molar-refractivity contribution is 7.79. The van der Waals surface area contributed by atoms with Gasteiger partial charge in [-0.3, -0.25) is 4.98 Å². The van der Waals surface area contributed by atoms with Gasteiger partial charge in [-0.15, -0.1) is 0 Å². The molecular weight excluding hydrogens is 174 g/mol. The Bertz CT molecular complexity index is 501.